The molecule has 0 aliphatic carbocycles. The summed E-state index contributed by atoms with van der Waals surface area (Å²) in [6, 6.07) is 1.29. The molecular weight excluding hydrogens is 339 g/mol. The highest BCUT2D eigenvalue weighted by atomic mass is 35.5. The number of ether oxygens (including phenoxy) is 2. The van der Waals surface area contributed by atoms with Crippen molar-refractivity contribution in [2.24, 2.45) is 0 Å². The number of aromatic nitrogens is 1. The van der Waals surface area contributed by atoms with Gasteiger partial charge in [-0.2, -0.15) is 4.31 Å². The van der Waals surface area contributed by atoms with Gasteiger partial charge in [-0.05, 0) is 12.5 Å². The van der Waals surface area contributed by atoms with Gasteiger partial charge in [-0.25, -0.2) is 13.4 Å². The predicted octanol–water partition coefficient (Wildman–Crippen LogP) is 2.06. The molecule has 0 unspecified atom stereocenters. The minimum Gasteiger partial charge on any atom is -0.385 e. The average molecular weight is 357 g/mol. The first-order valence-corrected chi connectivity index (χ1v) is 8.42. The Kier molecular flexibility index (Phi) is 7.86. The molecule has 0 amide bonds. The van der Waals surface area contributed by atoms with Gasteiger partial charge >= 0.3 is 0 Å². The second-order valence-corrected chi connectivity index (χ2v) is 6.89. The Hall–Kier alpha value is -0.440. The number of methoxy groups -OCH3 is 2. The number of rotatable bonds is 9. The summed E-state index contributed by atoms with van der Waals surface area (Å²) in [7, 11) is -0.620. The highest BCUT2D eigenvalue weighted by Crippen LogP contribution is 2.24. The molecule has 0 fully saturated rings. The maximum absolute atomic E-state index is 12.6. The van der Waals surface area contributed by atoms with Gasteiger partial charge in [0.05, 0.1) is 11.6 Å². The van der Waals surface area contributed by atoms with E-state index in [1.165, 1.54) is 23.7 Å². The van der Waals surface area contributed by atoms with Crippen LogP contribution in [0.4, 0.5) is 0 Å². The molecule has 0 spiro atoms. The maximum atomic E-state index is 12.6. The fraction of sp³-hybridized carbons (Fsp3) is 0.583. The summed E-state index contributed by atoms with van der Waals surface area (Å²) in [5, 5.41) is 0.166. The first-order chi connectivity index (χ1) is 9.93. The predicted molar refractivity (Wildman–Crippen MR) is 81.4 cm³/mol. The molecule has 6 nitrogen and oxygen atoms in total. The fourth-order valence-electron chi connectivity index (χ4n) is 1.62. The van der Waals surface area contributed by atoms with Crippen LogP contribution < -0.4 is 0 Å². The molecule has 0 atom stereocenters. The number of nitrogens with zero attached hydrogens (tertiary/aromatic N) is 2. The topological polar surface area (TPSA) is 68.7 Å². The first kappa shape index (κ1) is 18.6. The van der Waals surface area contributed by atoms with Crippen molar-refractivity contribution in [1.29, 1.82) is 0 Å². The molecule has 0 bridgehead atoms. The zero-order valence-corrected chi connectivity index (χ0v) is 14.2. The van der Waals surface area contributed by atoms with Gasteiger partial charge in [0.1, 0.15) is 10.0 Å². The monoisotopic (exact) mass is 356 g/mol. The summed E-state index contributed by atoms with van der Waals surface area (Å²) >= 11 is 11.5. The standard InChI is InChI=1S/C12H18Cl2N2O4S/c1-19-6-3-4-16(5-7-20-2)21(17,18)10-8-11(13)12(14)15-9-10/h8-9H,3-7H2,1-2H3. The maximum Gasteiger partial charge on any atom is 0.244 e. The lowest BCUT2D eigenvalue weighted by Crippen LogP contribution is -2.35. The normalized spacial score (nSPS) is 12.0. The van der Waals surface area contributed by atoms with Crippen LogP contribution in [0.5, 0.6) is 0 Å². The van der Waals surface area contributed by atoms with Crippen LogP contribution in [-0.2, 0) is 19.5 Å². The second-order valence-electron chi connectivity index (χ2n) is 4.19. The molecule has 1 rings (SSSR count). The average Bonchev–Trinajstić information content (AvgIpc) is 2.45. The largest absolute Gasteiger partial charge is 0.385 e. The minimum absolute atomic E-state index is 0.00502. The molecule has 0 N–H and O–H groups in total. The SMILES string of the molecule is COCCCN(CCOC)S(=O)(=O)c1cnc(Cl)c(Cl)c1. The molecule has 1 aromatic heterocycles. The molecule has 21 heavy (non-hydrogen) atoms. The van der Waals surface area contributed by atoms with E-state index in [9.17, 15) is 8.42 Å². The van der Waals surface area contributed by atoms with Crippen LogP contribution in [0.2, 0.25) is 10.2 Å². The smallest absolute Gasteiger partial charge is 0.244 e. The summed E-state index contributed by atoms with van der Waals surface area (Å²) in [6.45, 7) is 1.32. The van der Waals surface area contributed by atoms with Crippen molar-refractivity contribution < 1.29 is 17.9 Å². The van der Waals surface area contributed by atoms with Crippen molar-refractivity contribution in [1.82, 2.24) is 9.29 Å². The lowest BCUT2D eigenvalue weighted by Gasteiger charge is -2.21. The van der Waals surface area contributed by atoms with E-state index in [4.69, 9.17) is 32.7 Å². The van der Waals surface area contributed by atoms with Crippen LogP contribution in [0.25, 0.3) is 0 Å². The molecule has 9 heteroatoms. The highest BCUT2D eigenvalue weighted by Gasteiger charge is 2.25. The molecule has 0 radical (unpaired) electrons. The van der Waals surface area contributed by atoms with Crippen LogP contribution in [0.15, 0.2) is 17.2 Å². The number of hydrogen-bond donors (Lipinski definition) is 0. The summed E-state index contributed by atoms with van der Waals surface area (Å²) in [6.07, 6.45) is 1.77. The van der Waals surface area contributed by atoms with Gasteiger partial charge in [-0.3, -0.25) is 0 Å². The molecule has 0 saturated carbocycles. The zero-order chi connectivity index (χ0) is 15.9. The molecule has 0 aliphatic heterocycles. The summed E-state index contributed by atoms with van der Waals surface area (Å²) in [5.74, 6) is 0. The Morgan fingerprint density at radius 2 is 1.86 bits per heavy atom. The van der Waals surface area contributed by atoms with Crippen LogP contribution in [0.1, 0.15) is 6.42 Å². The van der Waals surface area contributed by atoms with Gasteiger partial charge in [0.2, 0.25) is 10.0 Å². The number of halogens is 2. The molecule has 1 aromatic rings. The lowest BCUT2D eigenvalue weighted by molar-refractivity contribution is 0.164. The lowest BCUT2D eigenvalue weighted by atomic mass is 10.4. The van der Waals surface area contributed by atoms with Gasteiger partial charge in [0.25, 0.3) is 0 Å². The van der Waals surface area contributed by atoms with Crippen molar-refractivity contribution in [3.05, 3.63) is 22.4 Å². The summed E-state index contributed by atoms with van der Waals surface area (Å²) in [5.41, 5.74) is 0. The van der Waals surface area contributed by atoms with Crippen LogP contribution in [0.3, 0.4) is 0 Å². The molecule has 0 saturated heterocycles. The third-order valence-electron chi connectivity index (χ3n) is 2.71. The van der Waals surface area contributed by atoms with Crippen molar-refractivity contribution >= 4 is 33.2 Å². The van der Waals surface area contributed by atoms with Crippen molar-refractivity contribution in [3.63, 3.8) is 0 Å². The molecule has 120 valence electrons. The Bertz CT molecular complexity index is 554. The summed E-state index contributed by atoms with van der Waals surface area (Å²) < 4.78 is 36.4. The van der Waals surface area contributed by atoms with Gasteiger partial charge in [-0.15, -0.1) is 0 Å². The summed E-state index contributed by atoms with van der Waals surface area (Å²) in [4.78, 5) is 3.78. The third-order valence-corrected chi connectivity index (χ3v) is 5.26. The van der Waals surface area contributed by atoms with E-state index in [0.29, 0.717) is 26.2 Å². The van der Waals surface area contributed by atoms with E-state index in [1.54, 1.807) is 7.11 Å². The number of hydrogen-bond acceptors (Lipinski definition) is 5. The van der Waals surface area contributed by atoms with E-state index < -0.39 is 10.0 Å². The second kappa shape index (κ2) is 8.87. The molecule has 0 aliphatic rings. The Labute approximate surface area is 135 Å². The van der Waals surface area contributed by atoms with E-state index in [0.717, 1.165) is 0 Å². The quantitative estimate of drug-likeness (QED) is 0.500. The fourth-order valence-corrected chi connectivity index (χ4v) is 3.39. The highest BCUT2D eigenvalue weighted by molar-refractivity contribution is 7.89. The van der Waals surface area contributed by atoms with E-state index in [1.807, 2.05) is 0 Å². The van der Waals surface area contributed by atoms with Crippen molar-refractivity contribution in [3.8, 4) is 0 Å². The van der Waals surface area contributed by atoms with E-state index >= 15 is 0 Å². The van der Waals surface area contributed by atoms with Crippen LogP contribution in [-0.4, -0.2) is 58.2 Å². The molecular formula is C12H18Cl2N2O4S. The van der Waals surface area contributed by atoms with E-state index in [2.05, 4.69) is 4.98 Å². The third kappa shape index (κ3) is 5.36. The minimum atomic E-state index is -3.70. The van der Waals surface area contributed by atoms with Crippen LogP contribution >= 0.6 is 23.2 Å². The number of sulfonamides is 1. The Morgan fingerprint density at radius 1 is 1.19 bits per heavy atom. The van der Waals surface area contributed by atoms with Gasteiger partial charge in [0.15, 0.2) is 0 Å². The van der Waals surface area contributed by atoms with Gasteiger partial charge in [-0.1, -0.05) is 23.2 Å². The first-order valence-electron chi connectivity index (χ1n) is 6.22. The van der Waals surface area contributed by atoms with Crippen LogP contribution in [0, 0.1) is 0 Å². The zero-order valence-electron chi connectivity index (χ0n) is 11.9. The van der Waals surface area contributed by atoms with Gasteiger partial charge < -0.3 is 9.47 Å². The van der Waals surface area contributed by atoms with Crippen molar-refractivity contribution in [2.45, 2.75) is 11.3 Å². The van der Waals surface area contributed by atoms with E-state index in [-0.39, 0.29) is 21.6 Å². The number of pyridine rings is 1. The van der Waals surface area contributed by atoms with Crippen molar-refractivity contribution in [2.75, 3.05) is 40.5 Å². The molecule has 0 aromatic carbocycles. The molecule has 1 heterocycles. The Balaban J connectivity index is 2.98. The Morgan fingerprint density at radius 3 is 2.43 bits per heavy atom. The van der Waals surface area contributed by atoms with Gasteiger partial charge in [0, 0.05) is 40.1 Å².